The van der Waals surface area contributed by atoms with E-state index in [9.17, 15) is 4.79 Å². The van der Waals surface area contributed by atoms with Gasteiger partial charge >= 0.3 is 5.97 Å². The highest BCUT2D eigenvalue weighted by atomic mass is 32.1. The smallest absolute Gasteiger partial charge is 0.337 e. The van der Waals surface area contributed by atoms with Crippen molar-refractivity contribution in [2.24, 2.45) is 0 Å². The van der Waals surface area contributed by atoms with Crippen molar-refractivity contribution in [3.8, 4) is 17.2 Å². The molecule has 2 aromatic carbocycles. The number of carbonyl (C=O) groups excluding carboxylic acids is 1. The molecule has 1 aliphatic heterocycles. The third kappa shape index (κ3) is 5.85. The molecule has 2 aromatic rings. The Labute approximate surface area is 199 Å². The van der Waals surface area contributed by atoms with Crippen LogP contribution in [0.3, 0.4) is 0 Å². The number of benzene rings is 2. The van der Waals surface area contributed by atoms with Crippen LogP contribution in [0.2, 0.25) is 0 Å². The Bertz CT molecular complexity index is 966. The first kappa shape index (κ1) is 24.6. The van der Waals surface area contributed by atoms with E-state index in [-0.39, 0.29) is 12.0 Å². The van der Waals surface area contributed by atoms with E-state index in [0.717, 1.165) is 18.5 Å². The molecule has 1 aliphatic rings. The largest absolute Gasteiger partial charge is 0.493 e. The molecule has 0 saturated heterocycles. The summed E-state index contributed by atoms with van der Waals surface area (Å²) in [5, 5.41) is 3.90. The monoisotopic (exact) mass is 474 g/mol. The summed E-state index contributed by atoms with van der Waals surface area (Å²) in [4.78, 5) is 13.8. The van der Waals surface area contributed by atoms with E-state index in [4.69, 9.17) is 35.9 Å². The maximum Gasteiger partial charge on any atom is 0.337 e. The van der Waals surface area contributed by atoms with Crippen LogP contribution in [0.15, 0.2) is 36.4 Å². The molecule has 0 radical (unpaired) electrons. The van der Waals surface area contributed by atoms with Gasteiger partial charge in [0.2, 0.25) is 0 Å². The molecule has 0 aromatic heterocycles. The molecular weight excluding hydrogens is 444 g/mol. The summed E-state index contributed by atoms with van der Waals surface area (Å²) in [7, 11) is 6.27. The van der Waals surface area contributed by atoms with Gasteiger partial charge in [-0.25, -0.2) is 4.79 Å². The molecule has 0 bridgehead atoms. The summed E-state index contributed by atoms with van der Waals surface area (Å²) in [5.41, 5.74) is 2.70. The Hall–Kier alpha value is -3.04. The lowest BCUT2D eigenvalue weighted by Crippen LogP contribution is -2.47. The van der Waals surface area contributed by atoms with Gasteiger partial charge < -0.3 is 33.9 Å². The second-order valence-corrected chi connectivity index (χ2v) is 7.80. The number of hydrogen-bond acceptors (Lipinski definition) is 7. The summed E-state index contributed by atoms with van der Waals surface area (Å²) < 4.78 is 27.0. The molecule has 8 nitrogen and oxygen atoms in total. The van der Waals surface area contributed by atoms with E-state index in [1.807, 2.05) is 12.1 Å². The number of carbonyl (C=O) groups is 1. The Kier molecular flexibility index (Phi) is 8.73. The quantitative estimate of drug-likeness (QED) is 0.335. The van der Waals surface area contributed by atoms with Crippen molar-refractivity contribution in [1.29, 1.82) is 0 Å². The molecule has 0 saturated carbocycles. The molecule has 0 spiro atoms. The molecule has 9 heteroatoms. The Morgan fingerprint density at radius 1 is 1.09 bits per heavy atom. The van der Waals surface area contributed by atoms with E-state index in [0.29, 0.717) is 47.7 Å². The first-order valence-electron chi connectivity index (χ1n) is 10.6. The van der Waals surface area contributed by atoms with Gasteiger partial charge in [-0.3, -0.25) is 0 Å². The lowest BCUT2D eigenvalue weighted by Gasteiger charge is -2.39. The van der Waals surface area contributed by atoms with Gasteiger partial charge in [-0.05, 0) is 66.2 Å². The van der Waals surface area contributed by atoms with Crippen molar-refractivity contribution < 1.29 is 28.5 Å². The summed E-state index contributed by atoms with van der Waals surface area (Å²) in [6.07, 6.45) is 0.812. The Morgan fingerprint density at radius 2 is 1.79 bits per heavy atom. The van der Waals surface area contributed by atoms with Crippen LogP contribution in [0, 0.1) is 0 Å². The summed E-state index contributed by atoms with van der Waals surface area (Å²) >= 11 is 5.69. The van der Waals surface area contributed by atoms with Gasteiger partial charge in [0.05, 0.1) is 39.5 Å². The van der Waals surface area contributed by atoms with Crippen LogP contribution in [-0.4, -0.2) is 70.7 Å². The molecule has 0 unspecified atom stereocenters. The topological polar surface area (TPSA) is 78.5 Å². The highest BCUT2D eigenvalue weighted by molar-refractivity contribution is 7.80. The molecule has 33 heavy (non-hydrogen) atoms. The molecule has 0 amide bonds. The molecule has 1 heterocycles. The Morgan fingerprint density at radius 3 is 2.42 bits per heavy atom. The average Bonchev–Trinajstić information content (AvgIpc) is 2.86. The van der Waals surface area contributed by atoms with Crippen LogP contribution in [0.5, 0.6) is 17.2 Å². The van der Waals surface area contributed by atoms with Crippen LogP contribution in [0.4, 0.5) is 0 Å². The molecule has 0 aliphatic carbocycles. The predicted molar refractivity (Wildman–Crippen MR) is 128 cm³/mol. The number of esters is 1. The van der Waals surface area contributed by atoms with Crippen molar-refractivity contribution in [1.82, 2.24) is 10.2 Å². The van der Waals surface area contributed by atoms with Gasteiger partial charge in [0.15, 0.2) is 16.6 Å². The molecule has 1 N–H and O–H groups in total. The van der Waals surface area contributed by atoms with E-state index >= 15 is 0 Å². The maximum atomic E-state index is 11.7. The van der Waals surface area contributed by atoms with Crippen molar-refractivity contribution >= 4 is 23.3 Å². The second-order valence-electron chi connectivity index (χ2n) is 7.42. The zero-order valence-electron chi connectivity index (χ0n) is 19.4. The van der Waals surface area contributed by atoms with Gasteiger partial charge in [-0.1, -0.05) is 0 Å². The number of ether oxygens (including phenoxy) is 5. The fourth-order valence-electron chi connectivity index (χ4n) is 3.79. The van der Waals surface area contributed by atoms with E-state index < -0.39 is 0 Å². The summed E-state index contributed by atoms with van der Waals surface area (Å²) in [6.45, 7) is 2.26. The zero-order valence-corrected chi connectivity index (χ0v) is 20.2. The van der Waals surface area contributed by atoms with Crippen LogP contribution in [0.25, 0.3) is 0 Å². The number of fused-ring (bicyclic) bond motifs is 1. The van der Waals surface area contributed by atoms with Crippen LogP contribution < -0.4 is 19.5 Å². The number of rotatable bonds is 9. The highest BCUT2D eigenvalue weighted by Crippen LogP contribution is 2.38. The second kappa shape index (κ2) is 11.7. The van der Waals surface area contributed by atoms with E-state index in [1.165, 1.54) is 12.7 Å². The molecule has 3 rings (SSSR count). The number of thiocarbonyl (C=S) groups is 1. The minimum absolute atomic E-state index is 0.142. The lowest BCUT2D eigenvalue weighted by molar-refractivity contribution is 0.0600. The summed E-state index contributed by atoms with van der Waals surface area (Å²) in [5.74, 6) is 1.61. The minimum Gasteiger partial charge on any atom is -0.493 e. The van der Waals surface area contributed by atoms with Crippen LogP contribution in [-0.2, 0) is 15.9 Å². The predicted octanol–water partition coefficient (Wildman–Crippen LogP) is 2.99. The molecule has 0 fully saturated rings. The van der Waals surface area contributed by atoms with Crippen molar-refractivity contribution in [3.63, 3.8) is 0 Å². The van der Waals surface area contributed by atoms with Gasteiger partial charge in [-0.15, -0.1) is 0 Å². The maximum absolute atomic E-state index is 11.7. The standard InChI is InChI=1S/C24H30N2O6S/c1-28-12-10-25-24(33)26-11-9-17-13-21(29-2)22(30-3)14-19(17)20(26)15-32-18-7-5-16(6-8-18)23(27)31-4/h5-8,13-14,20H,9-12,15H2,1-4H3,(H,25,33)/t20-/m1/s1. The highest BCUT2D eigenvalue weighted by Gasteiger charge is 2.31. The Balaban J connectivity index is 1.85. The minimum atomic E-state index is -0.387. The first-order valence-corrected chi connectivity index (χ1v) is 11.0. The average molecular weight is 475 g/mol. The number of nitrogens with zero attached hydrogens (tertiary/aromatic N) is 1. The summed E-state index contributed by atoms with van der Waals surface area (Å²) in [6, 6.07) is 10.7. The first-order chi connectivity index (χ1) is 16.0. The van der Waals surface area contributed by atoms with Crippen LogP contribution in [0.1, 0.15) is 27.5 Å². The normalized spacial score (nSPS) is 14.8. The number of hydrogen-bond donors (Lipinski definition) is 1. The third-order valence-corrected chi connectivity index (χ3v) is 5.91. The van der Waals surface area contributed by atoms with Gasteiger partial charge in [0.25, 0.3) is 0 Å². The number of methoxy groups -OCH3 is 4. The van der Waals surface area contributed by atoms with E-state index in [1.54, 1.807) is 45.6 Å². The van der Waals surface area contributed by atoms with Gasteiger partial charge in [-0.2, -0.15) is 0 Å². The third-order valence-electron chi connectivity index (χ3n) is 5.53. The zero-order chi connectivity index (χ0) is 23.8. The van der Waals surface area contributed by atoms with Crippen molar-refractivity contribution in [2.45, 2.75) is 12.5 Å². The number of nitrogens with one attached hydrogen (secondary N) is 1. The molecule has 178 valence electrons. The SMILES string of the molecule is COCCNC(=S)N1CCc2cc(OC)c(OC)cc2[C@H]1COc1ccc(C(=O)OC)cc1. The van der Waals surface area contributed by atoms with E-state index in [2.05, 4.69) is 10.2 Å². The molecular formula is C24H30N2O6S. The fourth-order valence-corrected chi connectivity index (χ4v) is 4.11. The fraction of sp³-hybridized carbons (Fsp3) is 0.417. The van der Waals surface area contributed by atoms with Crippen molar-refractivity contribution in [3.05, 3.63) is 53.1 Å². The van der Waals surface area contributed by atoms with Crippen molar-refractivity contribution in [2.75, 3.05) is 54.7 Å². The molecule has 1 atom stereocenters. The van der Waals surface area contributed by atoms with Crippen LogP contribution >= 0.6 is 12.2 Å². The lowest BCUT2D eigenvalue weighted by atomic mass is 9.92. The van der Waals surface area contributed by atoms with Gasteiger partial charge in [0, 0.05) is 20.2 Å². The van der Waals surface area contributed by atoms with Gasteiger partial charge in [0.1, 0.15) is 12.4 Å².